The van der Waals surface area contributed by atoms with Crippen molar-refractivity contribution in [1.29, 1.82) is 0 Å². The third-order valence-electron chi connectivity index (χ3n) is 4.40. The van der Waals surface area contributed by atoms with Crippen LogP contribution in [0.5, 0.6) is 11.5 Å². The van der Waals surface area contributed by atoms with Crippen molar-refractivity contribution in [3.63, 3.8) is 0 Å². The molecule has 0 unspecified atom stereocenters. The Morgan fingerprint density at radius 1 is 1.30 bits per heavy atom. The second-order valence-corrected chi connectivity index (χ2v) is 6.22. The van der Waals surface area contributed by atoms with Gasteiger partial charge in [0.2, 0.25) is 5.91 Å². The van der Waals surface area contributed by atoms with Crippen LogP contribution in [0.1, 0.15) is 12.8 Å². The van der Waals surface area contributed by atoms with Gasteiger partial charge in [0.25, 0.3) is 5.56 Å². The Bertz CT molecular complexity index is 859. The summed E-state index contributed by atoms with van der Waals surface area (Å²) >= 11 is 0. The van der Waals surface area contributed by atoms with Gasteiger partial charge >= 0.3 is 0 Å². The molecule has 144 valence electrons. The summed E-state index contributed by atoms with van der Waals surface area (Å²) in [5, 5.41) is 7.11. The standard InChI is InChI=1S/C19H23N3O5/c1-25-13-5-6-15(17(10-13)26-2)16-7-8-19(24)22(21-16)12-18(23)20-11-14-4-3-9-27-14/h5-8,10,14H,3-4,9,11-12H2,1-2H3,(H,20,23)/t14-/m1/s1. The van der Waals surface area contributed by atoms with Crippen molar-refractivity contribution in [3.8, 4) is 22.8 Å². The minimum atomic E-state index is -0.349. The highest BCUT2D eigenvalue weighted by Gasteiger charge is 2.17. The lowest BCUT2D eigenvalue weighted by atomic mass is 10.1. The zero-order valence-corrected chi connectivity index (χ0v) is 15.4. The van der Waals surface area contributed by atoms with E-state index in [1.807, 2.05) is 0 Å². The molecule has 0 bridgehead atoms. The van der Waals surface area contributed by atoms with Gasteiger partial charge in [-0.2, -0.15) is 5.10 Å². The van der Waals surface area contributed by atoms with Gasteiger partial charge < -0.3 is 19.5 Å². The molecule has 0 aliphatic carbocycles. The molecule has 1 amide bonds. The third-order valence-corrected chi connectivity index (χ3v) is 4.40. The number of methoxy groups -OCH3 is 2. The molecule has 1 saturated heterocycles. The number of carbonyl (C=O) groups excluding carboxylic acids is 1. The fourth-order valence-corrected chi connectivity index (χ4v) is 2.94. The van der Waals surface area contributed by atoms with Crippen LogP contribution >= 0.6 is 0 Å². The van der Waals surface area contributed by atoms with E-state index in [9.17, 15) is 9.59 Å². The summed E-state index contributed by atoms with van der Waals surface area (Å²) in [6, 6.07) is 8.31. The van der Waals surface area contributed by atoms with Gasteiger partial charge in [-0.25, -0.2) is 4.68 Å². The third kappa shape index (κ3) is 4.65. The SMILES string of the molecule is COc1ccc(-c2ccc(=O)n(CC(=O)NC[C@H]3CCCO3)n2)c(OC)c1. The quantitative estimate of drug-likeness (QED) is 0.785. The van der Waals surface area contributed by atoms with Crippen molar-refractivity contribution in [3.05, 3.63) is 40.7 Å². The topological polar surface area (TPSA) is 91.7 Å². The molecule has 1 atom stereocenters. The van der Waals surface area contributed by atoms with Crippen molar-refractivity contribution in [2.24, 2.45) is 0 Å². The Labute approximate surface area is 157 Å². The molecular formula is C19H23N3O5. The minimum absolute atomic E-state index is 0.0496. The molecule has 1 aliphatic rings. The lowest BCUT2D eigenvalue weighted by molar-refractivity contribution is -0.122. The number of aromatic nitrogens is 2. The number of carbonyl (C=O) groups is 1. The summed E-state index contributed by atoms with van der Waals surface area (Å²) in [4.78, 5) is 24.3. The lowest BCUT2D eigenvalue weighted by Gasteiger charge is -2.13. The largest absolute Gasteiger partial charge is 0.497 e. The van der Waals surface area contributed by atoms with E-state index >= 15 is 0 Å². The molecule has 8 nitrogen and oxygen atoms in total. The number of nitrogens with zero attached hydrogens (tertiary/aromatic N) is 2. The van der Waals surface area contributed by atoms with Crippen LogP contribution in [0.2, 0.25) is 0 Å². The number of amides is 1. The molecule has 2 heterocycles. The van der Waals surface area contributed by atoms with Gasteiger partial charge in [-0.3, -0.25) is 9.59 Å². The minimum Gasteiger partial charge on any atom is -0.497 e. The fraction of sp³-hybridized carbons (Fsp3) is 0.421. The number of nitrogens with one attached hydrogen (secondary N) is 1. The Kier molecular flexibility index (Phi) is 6.08. The number of hydrogen-bond acceptors (Lipinski definition) is 6. The van der Waals surface area contributed by atoms with Crippen molar-refractivity contribution in [1.82, 2.24) is 15.1 Å². The Hall–Kier alpha value is -2.87. The van der Waals surface area contributed by atoms with Crippen LogP contribution in [0, 0.1) is 0 Å². The average Bonchev–Trinajstić information content (AvgIpc) is 3.21. The van der Waals surface area contributed by atoms with E-state index in [2.05, 4.69) is 10.4 Å². The molecule has 0 spiro atoms. The summed E-state index contributed by atoms with van der Waals surface area (Å²) < 4.78 is 17.2. The molecule has 1 N–H and O–H groups in total. The van der Waals surface area contributed by atoms with Crippen molar-refractivity contribution in [2.45, 2.75) is 25.5 Å². The van der Waals surface area contributed by atoms with Gasteiger partial charge in [0, 0.05) is 30.8 Å². The Balaban J connectivity index is 1.76. The van der Waals surface area contributed by atoms with Crippen LogP contribution in [0.15, 0.2) is 35.1 Å². The maximum atomic E-state index is 12.2. The lowest BCUT2D eigenvalue weighted by Crippen LogP contribution is -2.37. The summed E-state index contributed by atoms with van der Waals surface area (Å²) in [6.07, 6.45) is 1.99. The van der Waals surface area contributed by atoms with E-state index in [0.29, 0.717) is 29.3 Å². The van der Waals surface area contributed by atoms with Gasteiger partial charge in [0.05, 0.1) is 26.0 Å². The van der Waals surface area contributed by atoms with Crippen LogP contribution in [0.4, 0.5) is 0 Å². The number of rotatable bonds is 7. The van der Waals surface area contributed by atoms with E-state index in [-0.39, 0.29) is 24.1 Å². The van der Waals surface area contributed by atoms with Gasteiger partial charge in [-0.15, -0.1) is 0 Å². The Morgan fingerprint density at radius 2 is 2.15 bits per heavy atom. The van der Waals surface area contributed by atoms with Crippen molar-refractivity contribution < 1.29 is 19.0 Å². The number of ether oxygens (including phenoxy) is 3. The monoisotopic (exact) mass is 373 g/mol. The summed E-state index contributed by atoms with van der Waals surface area (Å²) in [5.41, 5.74) is 0.881. The van der Waals surface area contributed by atoms with E-state index in [0.717, 1.165) is 24.1 Å². The molecule has 8 heteroatoms. The predicted molar refractivity (Wildman–Crippen MR) is 99.0 cm³/mol. The highest BCUT2D eigenvalue weighted by Crippen LogP contribution is 2.31. The number of benzene rings is 1. The van der Waals surface area contributed by atoms with Gasteiger partial charge in [-0.1, -0.05) is 0 Å². The van der Waals surface area contributed by atoms with Crippen LogP contribution in [0.25, 0.3) is 11.3 Å². The second kappa shape index (κ2) is 8.68. The van der Waals surface area contributed by atoms with Crippen molar-refractivity contribution in [2.75, 3.05) is 27.4 Å². The smallest absolute Gasteiger partial charge is 0.267 e. The zero-order valence-electron chi connectivity index (χ0n) is 15.4. The van der Waals surface area contributed by atoms with E-state index in [1.54, 1.807) is 38.5 Å². The second-order valence-electron chi connectivity index (χ2n) is 6.22. The van der Waals surface area contributed by atoms with Crippen molar-refractivity contribution >= 4 is 5.91 Å². The molecule has 1 aliphatic heterocycles. The average molecular weight is 373 g/mol. The number of hydrogen-bond donors (Lipinski definition) is 1. The van der Waals surface area contributed by atoms with Gasteiger partial charge in [0.15, 0.2) is 0 Å². The predicted octanol–water partition coefficient (Wildman–Crippen LogP) is 1.22. The molecule has 1 aromatic heterocycles. The first-order chi connectivity index (χ1) is 13.1. The molecule has 0 saturated carbocycles. The molecular weight excluding hydrogens is 350 g/mol. The van der Waals surface area contributed by atoms with Crippen LogP contribution in [-0.2, 0) is 16.1 Å². The summed E-state index contributed by atoms with van der Waals surface area (Å²) in [5.74, 6) is 0.936. The van der Waals surface area contributed by atoms with E-state index in [1.165, 1.54) is 6.07 Å². The summed E-state index contributed by atoms with van der Waals surface area (Å²) in [6.45, 7) is 1.02. The van der Waals surface area contributed by atoms with E-state index < -0.39 is 0 Å². The molecule has 2 aromatic rings. The van der Waals surface area contributed by atoms with E-state index in [4.69, 9.17) is 14.2 Å². The molecule has 27 heavy (non-hydrogen) atoms. The maximum Gasteiger partial charge on any atom is 0.267 e. The van der Waals surface area contributed by atoms with Crippen LogP contribution in [0.3, 0.4) is 0 Å². The fourth-order valence-electron chi connectivity index (χ4n) is 2.94. The molecule has 1 fully saturated rings. The molecule has 0 radical (unpaired) electrons. The van der Waals surface area contributed by atoms with Gasteiger partial charge in [0.1, 0.15) is 18.0 Å². The van der Waals surface area contributed by atoms with Crippen LogP contribution < -0.4 is 20.3 Å². The summed E-state index contributed by atoms with van der Waals surface area (Å²) in [7, 11) is 3.12. The first-order valence-electron chi connectivity index (χ1n) is 8.79. The molecule has 1 aromatic carbocycles. The normalized spacial score (nSPS) is 16.1. The highest BCUT2D eigenvalue weighted by molar-refractivity contribution is 5.75. The highest BCUT2D eigenvalue weighted by atomic mass is 16.5. The van der Waals surface area contributed by atoms with Crippen LogP contribution in [-0.4, -0.2) is 49.2 Å². The molecule has 3 rings (SSSR count). The zero-order chi connectivity index (χ0) is 19.2. The first-order valence-corrected chi connectivity index (χ1v) is 8.79. The van der Waals surface area contributed by atoms with Gasteiger partial charge in [-0.05, 0) is 31.0 Å². The first kappa shape index (κ1) is 18.9. The Morgan fingerprint density at radius 3 is 2.85 bits per heavy atom. The maximum absolute atomic E-state index is 12.2.